The number of Topliss-reactive ketones (excluding diaryl/α,β-unsaturated/α-hetero) is 1. The van der Waals surface area contributed by atoms with E-state index in [0.717, 1.165) is 0 Å². The first-order valence-electron chi connectivity index (χ1n) is 4.88. The van der Waals surface area contributed by atoms with Crippen LogP contribution >= 0.6 is 15.9 Å². The van der Waals surface area contributed by atoms with E-state index in [4.69, 9.17) is 9.47 Å². The number of phenolic OH excluding ortho intramolecular Hbond substituents is 1. The number of nitrogens with one attached hydrogen (secondary N) is 1. The lowest BCUT2D eigenvalue weighted by molar-refractivity contribution is 0.0989. The summed E-state index contributed by atoms with van der Waals surface area (Å²) in [6.45, 7) is 0.127. The second-order valence-electron chi connectivity index (χ2n) is 3.27. The first-order valence-corrected chi connectivity index (χ1v) is 5.67. The molecule has 0 saturated heterocycles. The lowest BCUT2D eigenvalue weighted by Gasteiger charge is -2.14. The number of aromatic hydroxyl groups is 1. The number of methoxy groups -OCH3 is 2. The molecule has 0 unspecified atom stereocenters. The molecule has 0 saturated carbocycles. The van der Waals surface area contributed by atoms with Crippen LogP contribution in [-0.4, -0.2) is 38.7 Å². The maximum Gasteiger partial charge on any atom is 0.203 e. The van der Waals surface area contributed by atoms with E-state index in [-0.39, 0.29) is 29.4 Å². The van der Waals surface area contributed by atoms with E-state index in [0.29, 0.717) is 10.2 Å². The third-order valence-electron chi connectivity index (χ3n) is 2.21. The predicted molar refractivity (Wildman–Crippen MR) is 67.2 cm³/mol. The first-order chi connectivity index (χ1) is 8.06. The molecule has 0 aliphatic rings. The van der Waals surface area contributed by atoms with Crippen LogP contribution < -0.4 is 14.8 Å². The summed E-state index contributed by atoms with van der Waals surface area (Å²) in [7, 11) is 4.51. The highest BCUT2D eigenvalue weighted by molar-refractivity contribution is 9.10. The normalized spacial score (nSPS) is 10.1. The Morgan fingerprint density at radius 3 is 2.59 bits per heavy atom. The Morgan fingerprint density at radius 1 is 1.47 bits per heavy atom. The van der Waals surface area contributed by atoms with Crippen molar-refractivity contribution in [1.82, 2.24) is 5.32 Å². The van der Waals surface area contributed by atoms with Crippen molar-refractivity contribution in [2.75, 3.05) is 27.8 Å². The Labute approximate surface area is 108 Å². The molecule has 2 N–H and O–H groups in total. The number of hydrogen-bond donors (Lipinski definition) is 2. The number of ketones is 1. The molecule has 0 atom stereocenters. The molecule has 6 heteroatoms. The minimum atomic E-state index is -0.238. The maximum absolute atomic E-state index is 11.8. The van der Waals surface area contributed by atoms with Gasteiger partial charge in [0.25, 0.3) is 0 Å². The summed E-state index contributed by atoms with van der Waals surface area (Å²) in [5.74, 6) is 0.0461. The van der Waals surface area contributed by atoms with Crippen LogP contribution in [0.15, 0.2) is 10.5 Å². The Hall–Kier alpha value is -1.27. The minimum absolute atomic E-state index is 0.127. The lowest BCUT2D eigenvalue weighted by atomic mass is 10.1. The van der Waals surface area contributed by atoms with Crippen molar-refractivity contribution >= 4 is 21.7 Å². The topological polar surface area (TPSA) is 67.8 Å². The van der Waals surface area contributed by atoms with E-state index in [1.165, 1.54) is 14.2 Å². The molecule has 94 valence electrons. The summed E-state index contributed by atoms with van der Waals surface area (Å²) in [5.41, 5.74) is 0.178. The van der Waals surface area contributed by atoms with Gasteiger partial charge in [-0.1, -0.05) is 0 Å². The van der Waals surface area contributed by atoms with Crippen LogP contribution in [0.2, 0.25) is 0 Å². The summed E-state index contributed by atoms with van der Waals surface area (Å²) in [4.78, 5) is 11.8. The van der Waals surface area contributed by atoms with Crippen LogP contribution in [0.4, 0.5) is 0 Å². The van der Waals surface area contributed by atoms with Crippen LogP contribution in [0.5, 0.6) is 17.2 Å². The smallest absolute Gasteiger partial charge is 0.203 e. The largest absolute Gasteiger partial charge is 0.504 e. The maximum atomic E-state index is 11.8. The van der Waals surface area contributed by atoms with Crippen molar-refractivity contribution in [3.8, 4) is 17.2 Å². The standard InChI is InChI=1S/C11H14BrNO4/c1-13-5-7(14)9-6(12)4-8(16-2)11(17-3)10(9)15/h4,13,15H,5H2,1-3H3. The molecule has 0 amide bonds. The molecule has 1 aromatic carbocycles. The Bertz CT molecular complexity index is 434. The van der Waals surface area contributed by atoms with Gasteiger partial charge in [0.2, 0.25) is 5.75 Å². The minimum Gasteiger partial charge on any atom is -0.504 e. The molecule has 0 heterocycles. The highest BCUT2D eigenvalue weighted by atomic mass is 79.9. The van der Waals surface area contributed by atoms with Crippen molar-refractivity contribution in [3.05, 3.63) is 16.1 Å². The Kier molecular flexibility index (Phi) is 4.77. The van der Waals surface area contributed by atoms with Crippen molar-refractivity contribution in [3.63, 3.8) is 0 Å². The van der Waals surface area contributed by atoms with Crippen molar-refractivity contribution < 1.29 is 19.4 Å². The zero-order valence-corrected chi connectivity index (χ0v) is 11.4. The molecule has 17 heavy (non-hydrogen) atoms. The fourth-order valence-corrected chi connectivity index (χ4v) is 2.08. The number of hydrogen-bond acceptors (Lipinski definition) is 5. The summed E-state index contributed by atoms with van der Waals surface area (Å²) in [6, 6.07) is 1.58. The van der Waals surface area contributed by atoms with Gasteiger partial charge < -0.3 is 19.9 Å². The van der Waals surface area contributed by atoms with Gasteiger partial charge in [-0.15, -0.1) is 0 Å². The molecule has 1 rings (SSSR count). The van der Waals surface area contributed by atoms with Crippen LogP contribution in [0, 0.1) is 0 Å². The highest BCUT2D eigenvalue weighted by Gasteiger charge is 2.22. The van der Waals surface area contributed by atoms with Gasteiger partial charge in [-0.2, -0.15) is 0 Å². The van der Waals surface area contributed by atoms with Crippen molar-refractivity contribution in [2.45, 2.75) is 0 Å². The first kappa shape index (κ1) is 13.8. The van der Waals surface area contributed by atoms with E-state index in [9.17, 15) is 9.90 Å². The third kappa shape index (κ3) is 2.70. The molecule has 0 aliphatic carbocycles. The zero-order valence-electron chi connectivity index (χ0n) is 9.83. The average Bonchev–Trinajstić information content (AvgIpc) is 2.28. The van der Waals surface area contributed by atoms with Crippen molar-refractivity contribution in [2.24, 2.45) is 0 Å². The molecule has 0 fully saturated rings. The van der Waals surface area contributed by atoms with Gasteiger partial charge in [0.05, 0.1) is 26.3 Å². The molecule has 5 nitrogen and oxygen atoms in total. The fourth-order valence-electron chi connectivity index (χ4n) is 1.46. The summed E-state index contributed by atoms with van der Waals surface area (Å²) >= 11 is 3.23. The van der Waals surface area contributed by atoms with Gasteiger partial charge in [-0.05, 0) is 29.0 Å². The van der Waals surface area contributed by atoms with E-state index in [1.807, 2.05) is 0 Å². The van der Waals surface area contributed by atoms with E-state index in [1.54, 1.807) is 13.1 Å². The van der Waals surface area contributed by atoms with Crippen molar-refractivity contribution in [1.29, 1.82) is 0 Å². The van der Waals surface area contributed by atoms with Gasteiger partial charge in [-0.25, -0.2) is 0 Å². The van der Waals surface area contributed by atoms with Gasteiger partial charge >= 0.3 is 0 Å². The summed E-state index contributed by atoms with van der Waals surface area (Å²) in [6.07, 6.45) is 0. The van der Waals surface area contributed by atoms with Crippen LogP contribution in [0.25, 0.3) is 0 Å². The number of rotatable bonds is 5. The van der Waals surface area contributed by atoms with Gasteiger partial charge in [0.15, 0.2) is 17.3 Å². The monoisotopic (exact) mass is 303 g/mol. The highest BCUT2D eigenvalue weighted by Crippen LogP contribution is 2.43. The van der Waals surface area contributed by atoms with E-state index in [2.05, 4.69) is 21.2 Å². The van der Waals surface area contributed by atoms with Gasteiger partial charge in [0.1, 0.15) is 0 Å². The second-order valence-corrected chi connectivity index (χ2v) is 4.13. The molecule has 1 aromatic rings. The molecular weight excluding hydrogens is 290 g/mol. The number of ether oxygens (including phenoxy) is 2. The Balaban J connectivity index is 3.36. The summed E-state index contributed by atoms with van der Waals surface area (Å²) in [5, 5.41) is 12.7. The number of carbonyl (C=O) groups is 1. The lowest BCUT2D eigenvalue weighted by Crippen LogP contribution is -2.19. The molecular formula is C11H14BrNO4. The number of halogens is 1. The van der Waals surface area contributed by atoms with Gasteiger partial charge in [-0.3, -0.25) is 4.79 Å². The van der Waals surface area contributed by atoms with Gasteiger partial charge in [0, 0.05) is 4.47 Å². The predicted octanol–water partition coefficient (Wildman–Crippen LogP) is 1.57. The molecule has 0 aromatic heterocycles. The number of phenols is 1. The van der Waals surface area contributed by atoms with E-state index < -0.39 is 0 Å². The Morgan fingerprint density at radius 2 is 2.12 bits per heavy atom. The summed E-state index contributed by atoms with van der Waals surface area (Å²) < 4.78 is 10.5. The SMILES string of the molecule is CNCC(=O)c1c(Br)cc(OC)c(OC)c1O. The molecule has 0 bridgehead atoms. The molecule has 0 aliphatic heterocycles. The van der Waals surface area contributed by atoms with Crippen LogP contribution in [0.1, 0.15) is 10.4 Å². The number of carbonyl (C=O) groups excluding carboxylic acids is 1. The van der Waals surface area contributed by atoms with Crippen LogP contribution in [0.3, 0.4) is 0 Å². The molecule has 0 radical (unpaired) electrons. The average molecular weight is 304 g/mol. The van der Waals surface area contributed by atoms with E-state index >= 15 is 0 Å². The third-order valence-corrected chi connectivity index (χ3v) is 2.84. The quantitative estimate of drug-likeness (QED) is 0.808. The zero-order chi connectivity index (χ0) is 13.0. The second kappa shape index (κ2) is 5.88. The van der Waals surface area contributed by atoms with Crippen LogP contribution in [-0.2, 0) is 0 Å². The molecule has 0 spiro atoms. The number of benzene rings is 1. The fraction of sp³-hybridized carbons (Fsp3) is 0.364. The number of likely N-dealkylation sites (N-methyl/N-ethyl adjacent to an activating group) is 1.